The average Bonchev–Trinajstić information content (AvgIpc) is 3.30. The van der Waals surface area contributed by atoms with Gasteiger partial charge in [-0.2, -0.15) is 0 Å². The van der Waals surface area contributed by atoms with Crippen LogP contribution in [0.4, 0.5) is 0 Å². The van der Waals surface area contributed by atoms with Crippen LogP contribution in [0.1, 0.15) is 23.7 Å². The highest BCUT2D eigenvalue weighted by Crippen LogP contribution is 2.50. The summed E-state index contributed by atoms with van der Waals surface area (Å²) in [6, 6.07) is 19.7. The highest BCUT2D eigenvalue weighted by molar-refractivity contribution is 5.31. The van der Waals surface area contributed by atoms with Gasteiger partial charge in [-0.15, -0.1) is 6.58 Å². The van der Waals surface area contributed by atoms with E-state index in [4.69, 9.17) is 4.74 Å². The van der Waals surface area contributed by atoms with Gasteiger partial charge in [0.25, 0.3) is 0 Å². The van der Waals surface area contributed by atoms with Crippen molar-refractivity contribution in [3.8, 4) is 0 Å². The third-order valence-corrected chi connectivity index (χ3v) is 3.82. The van der Waals surface area contributed by atoms with Crippen molar-refractivity contribution in [1.29, 1.82) is 0 Å². The molecular weight excluding hydrogens is 248 g/mol. The Labute approximate surface area is 119 Å². The lowest BCUT2D eigenvalue weighted by atomic mass is 9.85. The second-order valence-corrected chi connectivity index (χ2v) is 5.17. The van der Waals surface area contributed by atoms with Gasteiger partial charge in [-0.1, -0.05) is 66.7 Å². The Balaban J connectivity index is 1.88. The van der Waals surface area contributed by atoms with E-state index in [1.807, 2.05) is 60.7 Å². The van der Waals surface area contributed by atoms with E-state index in [0.717, 1.165) is 11.1 Å². The van der Waals surface area contributed by atoms with Gasteiger partial charge in [-0.25, -0.2) is 0 Å². The Morgan fingerprint density at radius 2 is 1.65 bits per heavy atom. The summed E-state index contributed by atoms with van der Waals surface area (Å²) in [7, 11) is 0. The Kier molecular flexibility index (Phi) is 3.43. The normalized spacial score (nSPS) is 23.9. The summed E-state index contributed by atoms with van der Waals surface area (Å²) in [5.74, 6) is 0. The maximum Gasteiger partial charge on any atom is 0.122 e. The molecule has 102 valence electrons. The largest absolute Gasteiger partial charge is 0.382 e. The molecule has 0 spiro atoms. The number of benzene rings is 2. The van der Waals surface area contributed by atoms with Crippen LogP contribution in [0, 0.1) is 0 Å². The van der Waals surface area contributed by atoms with Crippen LogP contribution in [0.5, 0.6) is 0 Å². The molecule has 1 heterocycles. The fourth-order valence-corrected chi connectivity index (χ4v) is 2.72. The van der Waals surface area contributed by atoms with Crippen LogP contribution >= 0.6 is 0 Å². The first kappa shape index (κ1) is 13.1. The zero-order chi connectivity index (χ0) is 14.0. The van der Waals surface area contributed by atoms with Crippen LogP contribution in [0.25, 0.3) is 0 Å². The van der Waals surface area contributed by atoms with Gasteiger partial charge in [0, 0.05) is 6.42 Å². The molecule has 2 heteroatoms. The minimum absolute atomic E-state index is 0.0404. The van der Waals surface area contributed by atoms with Crippen LogP contribution in [0.15, 0.2) is 73.3 Å². The molecule has 20 heavy (non-hydrogen) atoms. The standard InChI is InChI=1S/C18H18O2/c1-2-13-18(19,15-11-7-4-8-12-15)17-16(20-17)14-9-5-3-6-10-14/h2-12,16-17,19H,1,13H2/t16-,17+,18-/m0/s1. The molecule has 0 saturated carbocycles. The molecule has 1 saturated heterocycles. The van der Waals surface area contributed by atoms with Crippen molar-refractivity contribution < 1.29 is 9.84 Å². The lowest BCUT2D eigenvalue weighted by molar-refractivity contribution is 0.00990. The van der Waals surface area contributed by atoms with Crippen LogP contribution in [0.2, 0.25) is 0 Å². The van der Waals surface area contributed by atoms with Gasteiger partial charge in [0.1, 0.15) is 17.8 Å². The maximum atomic E-state index is 11.1. The van der Waals surface area contributed by atoms with Gasteiger partial charge in [-0.3, -0.25) is 0 Å². The summed E-state index contributed by atoms with van der Waals surface area (Å²) in [5, 5.41) is 11.1. The lowest BCUT2D eigenvalue weighted by Crippen LogP contribution is -2.32. The number of hydrogen-bond donors (Lipinski definition) is 1. The Morgan fingerprint density at radius 3 is 2.25 bits per heavy atom. The first-order valence-corrected chi connectivity index (χ1v) is 6.85. The predicted molar refractivity (Wildman–Crippen MR) is 79.2 cm³/mol. The van der Waals surface area contributed by atoms with Gasteiger partial charge < -0.3 is 9.84 Å². The summed E-state index contributed by atoms with van der Waals surface area (Å²) in [4.78, 5) is 0. The third kappa shape index (κ3) is 2.28. The molecular formula is C18H18O2. The van der Waals surface area contributed by atoms with Gasteiger partial charge in [-0.05, 0) is 11.1 Å². The maximum absolute atomic E-state index is 11.1. The van der Waals surface area contributed by atoms with Crippen LogP contribution in [-0.4, -0.2) is 11.2 Å². The molecule has 0 aliphatic carbocycles. The SMILES string of the molecule is C=CC[C@](O)(c1ccccc1)[C@@H]1O[C@H]1c1ccccc1. The molecule has 0 unspecified atom stereocenters. The summed E-state index contributed by atoms with van der Waals surface area (Å²) in [6.07, 6.45) is 1.97. The zero-order valence-corrected chi connectivity index (χ0v) is 11.3. The predicted octanol–water partition coefficient (Wildman–Crippen LogP) is 3.59. The molecule has 1 aliphatic rings. The fourth-order valence-electron chi connectivity index (χ4n) is 2.72. The molecule has 0 aromatic heterocycles. The molecule has 0 bridgehead atoms. The quantitative estimate of drug-likeness (QED) is 0.662. The molecule has 1 fully saturated rings. The zero-order valence-electron chi connectivity index (χ0n) is 11.3. The van der Waals surface area contributed by atoms with Gasteiger partial charge in [0.2, 0.25) is 0 Å². The molecule has 1 aliphatic heterocycles. The lowest BCUT2D eigenvalue weighted by Gasteiger charge is -2.26. The first-order chi connectivity index (χ1) is 9.75. The summed E-state index contributed by atoms with van der Waals surface area (Å²) >= 11 is 0. The van der Waals surface area contributed by atoms with Crippen molar-refractivity contribution in [2.75, 3.05) is 0 Å². The average molecular weight is 266 g/mol. The summed E-state index contributed by atoms with van der Waals surface area (Å²) in [6.45, 7) is 3.76. The van der Waals surface area contributed by atoms with Gasteiger partial charge in [0.05, 0.1) is 0 Å². The van der Waals surface area contributed by atoms with Crippen molar-refractivity contribution in [2.45, 2.75) is 24.2 Å². The van der Waals surface area contributed by atoms with Crippen molar-refractivity contribution in [3.63, 3.8) is 0 Å². The van der Waals surface area contributed by atoms with E-state index in [-0.39, 0.29) is 12.2 Å². The number of hydrogen-bond acceptors (Lipinski definition) is 2. The second-order valence-electron chi connectivity index (χ2n) is 5.17. The monoisotopic (exact) mass is 266 g/mol. The van der Waals surface area contributed by atoms with Crippen LogP contribution in [0.3, 0.4) is 0 Å². The molecule has 0 amide bonds. The van der Waals surface area contributed by atoms with E-state index >= 15 is 0 Å². The summed E-state index contributed by atoms with van der Waals surface area (Å²) in [5.41, 5.74) is 0.975. The second kappa shape index (κ2) is 5.23. The van der Waals surface area contributed by atoms with Crippen LogP contribution in [-0.2, 0) is 10.3 Å². The van der Waals surface area contributed by atoms with E-state index < -0.39 is 5.60 Å². The smallest absolute Gasteiger partial charge is 0.122 e. The first-order valence-electron chi connectivity index (χ1n) is 6.85. The van der Waals surface area contributed by atoms with E-state index in [1.165, 1.54) is 0 Å². The topological polar surface area (TPSA) is 32.8 Å². The van der Waals surface area contributed by atoms with Crippen LogP contribution < -0.4 is 0 Å². The van der Waals surface area contributed by atoms with Crippen molar-refractivity contribution in [3.05, 3.63) is 84.4 Å². The Hall–Kier alpha value is -1.90. The molecule has 3 atom stereocenters. The van der Waals surface area contributed by atoms with Crippen molar-refractivity contribution >= 4 is 0 Å². The Bertz CT molecular complexity index is 579. The van der Waals surface area contributed by atoms with Gasteiger partial charge in [0.15, 0.2) is 0 Å². The molecule has 2 aromatic carbocycles. The third-order valence-electron chi connectivity index (χ3n) is 3.82. The number of rotatable bonds is 5. The van der Waals surface area contributed by atoms with Crippen molar-refractivity contribution in [2.24, 2.45) is 0 Å². The molecule has 2 aromatic rings. The Morgan fingerprint density at radius 1 is 1.05 bits per heavy atom. The highest BCUT2D eigenvalue weighted by Gasteiger charge is 2.54. The van der Waals surface area contributed by atoms with Crippen molar-refractivity contribution in [1.82, 2.24) is 0 Å². The molecule has 2 nitrogen and oxygen atoms in total. The summed E-state index contributed by atoms with van der Waals surface area (Å²) < 4.78 is 5.78. The minimum atomic E-state index is -1.01. The molecule has 1 N–H and O–H groups in total. The van der Waals surface area contributed by atoms with E-state index in [9.17, 15) is 5.11 Å². The number of aliphatic hydroxyl groups is 1. The fraction of sp³-hybridized carbons (Fsp3) is 0.222. The minimum Gasteiger partial charge on any atom is -0.382 e. The number of epoxide rings is 1. The molecule has 0 radical (unpaired) electrons. The van der Waals surface area contributed by atoms with E-state index in [2.05, 4.69) is 6.58 Å². The van der Waals surface area contributed by atoms with E-state index in [0.29, 0.717) is 6.42 Å². The van der Waals surface area contributed by atoms with Gasteiger partial charge >= 0.3 is 0 Å². The molecule has 3 rings (SSSR count). The number of ether oxygens (including phenoxy) is 1. The van der Waals surface area contributed by atoms with E-state index in [1.54, 1.807) is 6.08 Å². The highest BCUT2D eigenvalue weighted by atomic mass is 16.6.